The van der Waals surface area contributed by atoms with Crippen LogP contribution in [0.3, 0.4) is 0 Å². The third kappa shape index (κ3) is 3.16. The molecule has 1 rings (SSSR count). The third-order valence-corrected chi connectivity index (χ3v) is 3.49. The standard InChI is InChI=1S/C13H23NO/c1-5-14(6-2)10-11-9-12(15)7-8-13(11,3)4/h9H,5-8,10H2,1-4H3. The molecule has 0 aliphatic heterocycles. The lowest BCUT2D eigenvalue weighted by Gasteiger charge is -2.34. The highest BCUT2D eigenvalue weighted by Gasteiger charge is 2.29. The van der Waals surface area contributed by atoms with E-state index in [2.05, 4.69) is 32.6 Å². The maximum absolute atomic E-state index is 11.4. The largest absolute Gasteiger partial charge is 0.300 e. The topological polar surface area (TPSA) is 20.3 Å². The maximum Gasteiger partial charge on any atom is 0.155 e. The van der Waals surface area contributed by atoms with Gasteiger partial charge in [0.2, 0.25) is 0 Å². The van der Waals surface area contributed by atoms with Gasteiger partial charge in [-0.3, -0.25) is 9.69 Å². The molecule has 2 nitrogen and oxygen atoms in total. The predicted octanol–water partition coefficient (Wildman–Crippen LogP) is 2.64. The fourth-order valence-corrected chi connectivity index (χ4v) is 2.01. The summed E-state index contributed by atoms with van der Waals surface area (Å²) in [5.74, 6) is 0.302. The predicted molar refractivity (Wildman–Crippen MR) is 63.9 cm³/mol. The lowest BCUT2D eigenvalue weighted by Crippen LogP contribution is -2.33. The minimum atomic E-state index is 0.205. The fraction of sp³-hybridized carbons (Fsp3) is 0.769. The molecule has 86 valence electrons. The Labute approximate surface area is 93.3 Å². The van der Waals surface area contributed by atoms with E-state index in [0.29, 0.717) is 5.78 Å². The Kier molecular flexibility index (Phi) is 4.09. The Hall–Kier alpha value is -0.630. The molecule has 0 saturated carbocycles. The number of likely N-dealkylation sites (N-methyl/N-ethyl adjacent to an activating group) is 1. The zero-order valence-electron chi connectivity index (χ0n) is 10.5. The van der Waals surface area contributed by atoms with Crippen molar-refractivity contribution in [3.63, 3.8) is 0 Å². The van der Waals surface area contributed by atoms with Gasteiger partial charge in [-0.05, 0) is 36.6 Å². The molecule has 0 saturated heterocycles. The van der Waals surface area contributed by atoms with Gasteiger partial charge in [0.05, 0.1) is 0 Å². The Bertz CT molecular complexity index is 262. The van der Waals surface area contributed by atoms with Crippen LogP contribution < -0.4 is 0 Å². The number of ketones is 1. The highest BCUT2D eigenvalue weighted by molar-refractivity contribution is 5.91. The first kappa shape index (κ1) is 12.4. The summed E-state index contributed by atoms with van der Waals surface area (Å²) in [6.45, 7) is 11.9. The molecule has 15 heavy (non-hydrogen) atoms. The molecular formula is C13H23NO. The molecule has 0 radical (unpaired) electrons. The summed E-state index contributed by atoms with van der Waals surface area (Å²) in [5, 5.41) is 0. The van der Waals surface area contributed by atoms with Crippen molar-refractivity contribution in [2.75, 3.05) is 19.6 Å². The molecule has 0 unspecified atom stereocenters. The molecule has 0 N–H and O–H groups in total. The molecule has 1 aliphatic rings. The van der Waals surface area contributed by atoms with Crippen molar-refractivity contribution in [2.24, 2.45) is 5.41 Å². The van der Waals surface area contributed by atoms with Crippen LogP contribution in [0, 0.1) is 5.41 Å². The van der Waals surface area contributed by atoms with Gasteiger partial charge in [-0.15, -0.1) is 0 Å². The number of hydrogen-bond donors (Lipinski definition) is 0. The SMILES string of the molecule is CCN(CC)CC1=CC(=O)CCC1(C)C. The lowest BCUT2D eigenvalue weighted by molar-refractivity contribution is -0.115. The third-order valence-electron chi connectivity index (χ3n) is 3.49. The Morgan fingerprint density at radius 1 is 1.33 bits per heavy atom. The van der Waals surface area contributed by atoms with Crippen LogP contribution in [-0.4, -0.2) is 30.3 Å². The van der Waals surface area contributed by atoms with E-state index in [1.165, 1.54) is 5.57 Å². The fourth-order valence-electron chi connectivity index (χ4n) is 2.01. The molecule has 2 heteroatoms. The van der Waals surface area contributed by atoms with Gasteiger partial charge in [0.15, 0.2) is 5.78 Å². The molecule has 1 aliphatic carbocycles. The molecule has 0 aromatic rings. The van der Waals surface area contributed by atoms with Gasteiger partial charge < -0.3 is 0 Å². The van der Waals surface area contributed by atoms with E-state index in [-0.39, 0.29) is 5.41 Å². The molecule has 0 heterocycles. The molecule has 0 spiro atoms. The first-order valence-corrected chi connectivity index (χ1v) is 5.96. The van der Waals surface area contributed by atoms with Crippen LogP contribution in [0.15, 0.2) is 11.6 Å². The van der Waals surface area contributed by atoms with Gasteiger partial charge in [-0.2, -0.15) is 0 Å². The number of hydrogen-bond acceptors (Lipinski definition) is 2. The van der Waals surface area contributed by atoms with Crippen LogP contribution >= 0.6 is 0 Å². The summed E-state index contributed by atoms with van der Waals surface area (Å²) < 4.78 is 0. The van der Waals surface area contributed by atoms with Crippen molar-refractivity contribution in [3.05, 3.63) is 11.6 Å². The first-order chi connectivity index (χ1) is 6.99. The van der Waals surface area contributed by atoms with Crippen LogP contribution in [0.2, 0.25) is 0 Å². The maximum atomic E-state index is 11.4. The number of rotatable bonds is 4. The number of carbonyl (C=O) groups excluding carboxylic acids is 1. The summed E-state index contributed by atoms with van der Waals surface area (Å²) in [4.78, 5) is 13.8. The van der Waals surface area contributed by atoms with Crippen molar-refractivity contribution in [2.45, 2.75) is 40.5 Å². The number of allylic oxidation sites excluding steroid dienone is 1. The van der Waals surface area contributed by atoms with Crippen LogP contribution in [-0.2, 0) is 4.79 Å². The minimum absolute atomic E-state index is 0.205. The van der Waals surface area contributed by atoms with E-state index >= 15 is 0 Å². The zero-order chi connectivity index (χ0) is 11.5. The number of carbonyl (C=O) groups is 1. The van der Waals surface area contributed by atoms with Crippen molar-refractivity contribution in [1.29, 1.82) is 0 Å². The Morgan fingerprint density at radius 2 is 1.93 bits per heavy atom. The van der Waals surface area contributed by atoms with Gasteiger partial charge >= 0.3 is 0 Å². The van der Waals surface area contributed by atoms with Crippen LogP contribution in [0.25, 0.3) is 0 Å². The van der Waals surface area contributed by atoms with Gasteiger partial charge in [-0.25, -0.2) is 0 Å². The lowest BCUT2D eigenvalue weighted by atomic mass is 9.75. The van der Waals surface area contributed by atoms with Crippen LogP contribution in [0.1, 0.15) is 40.5 Å². The van der Waals surface area contributed by atoms with Crippen molar-refractivity contribution >= 4 is 5.78 Å². The molecule has 0 aromatic carbocycles. The highest BCUT2D eigenvalue weighted by Crippen LogP contribution is 2.35. The molecule has 0 amide bonds. The smallest absolute Gasteiger partial charge is 0.155 e. The average molecular weight is 209 g/mol. The van der Waals surface area contributed by atoms with E-state index < -0.39 is 0 Å². The monoisotopic (exact) mass is 209 g/mol. The second-order valence-corrected chi connectivity index (χ2v) is 4.98. The summed E-state index contributed by atoms with van der Waals surface area (Å²) in [5.41, 5.74) is 1.51. The average Bonchev–Trinajstić information content (AvgIpc) is 2.19. The second-order valence-electron chi connectivity index (χ2n) is 4.98. The van der Waals surface area contributed by atoms with Crippen LogP contribution in [0.5, 0.6) is 0 Å². The molecule has 0 fully saturated rings. The van der Waals surface area contributed by atoms with Gasteiger partial charge in [0.1, 0.15) is 0 Å². The van der Waals surface area contributed by atoms with Crippen molar-refractivity contribution in [1.82, 2.24) is 4.90 Å². The quantitative estimate of drug-likeness (QED) is 0.709. The normalized spacial score (nSPS) is 20.6. The molecule has 0 atom stereocenters. The molecule has 0 aromatic heterocycles. The highest BCUT2D eigenvalue weighted by atomic mass is 16.1. The van der Waals surface area contributed by atoms with E-state index in [4.69, 9.17) is 0 Å². The molecular weight excluding hydrogens is 186 g/mol. The molecule has 0 bridgehead atoms. The minimum Gasteiger partial charge on any atom is -0.300 e. The summed E-state index contributed by atoms with van der Waals surface area (Å²) in [6.07, 6.45) is 3.59. The van der Waals surface area contributed by atoms with Gasteiger partial charge in [0.25, 0.3) is 0 Å². The van der Waals surface area contributed by atoms with Gasteiger partial charge in [0, 0.05) is 13.0 Å². The summed E-state index contributed by atoms with van der Waals surface area (Å²) in [7, 11) is 0. The van der Waals surface area contributed by atoms with Crippen molar-refractivity contribution in [3.8, 4) is 0 Å². The van der Waals surface area contributed by atoms with E-state index in [0.717, 1.165) is 32.5 Å². The van der Waals surface area contributed by atoms with Crippen LogP contribution in [0.4, 0.5) is 0 Å². The van der Waals surface area contributed by atoms with E-state index in [9.17, 15) is 4.79 Å². The second kappa shape index (κ2) is 4.93. The number of nitrogens with zero attached hydrogens (tertiary/aromatic N) is 1. The van der Waals surface area contributed by atoms with E-state index in [1.54, 1.807) is 0 Å². The summed E-state index contributed by atoms with van der Waals surface area (Å²) >= 11 is 0. The summed E-state index contributed by atoms with van der Waals surface area (Å²) in [6, 6.07) is 0. The van der Waals surface area contributed by atoms with E-state index in [1.807, 2.05) is 6.08 Å². The Balaban J connectivity index is 2.76. The zero-order valence-corrected chi connectivity index (χ0v) is 10.5. The first-order valence-electron chi connectivity index (χ1n) is 5.96. The van der Waals surface area contributed by atoms with Crippen molar-refractivity contribution < 1.29 is 4.79 Å². The Morgan fingerprint density at radius 3 is 2.47 bits per heavy atom. The van der Waals surface area contributed by atoms with Gasteiger partial charge in [-0.1, -0.05) is 27.7 Å².